The van der Waals surface area contributed by atoms with Gasteiger partial charge in [-0.3, -0.25) is 14.2 Å². The number of rotatable bonds is 4. The Bertz CT molecular complexity index is 1290. The molecule has 2 heterocycles. The highest BCUT2D eigenvalue weighted by Crippen LogP contribution is 2.28. The highest BCUT2D eigenvalue weighted by Gasteiger charge is 2.20. The molecule has 0 aliphatic rings. The van der Waals surface area contributed by atoms with Crippen LogP contribution in [0.5, 0.6) is 0 Å². The molecular formula is C22H18FN3O2S. The minimum atomic E-state index is -0.375. The molecule has 29 heavy (non-hydrogen) atoms. The number of halogens is 1. The number of para-hydroxylation sites is 1. The van der Waals surface area contributed by atoms with Crippen molar-refractivity contribution in [2.45, 2.75) is 20.4 Å². The molecule has 4 aromatic rings. The van der Waals surface area contributed by atoms with Crippen LogP contribution in [-0.2, 0) is 6.54 Å². The van der Waals surface area contributed by atoms with Gasteiger partial charge in [-0.15, -0.1) is 11.3 Å². The largest absolute Gasteiger partial charge is 0.321 e. The average Bonchev–Trinajstić information content (AvgIpc) is 3.05. The summed E-state index contributed by atoms with van der Waals surface area (Å²) in [6.45, 7) is 3.73. The summed E-state index contributed by atoms with van der Waals surface area (Å²) >= 11 is 1.18. The molecule has 4 rings (SSSR count). The zero-order valence-corrected chi connectivity index (χ0v) is 16.7. The van der Waals surface area contributed by atoms with Crippen LogP contribution in [0, 0.1) is 19.7 Å². The first kappa shape index (κ1) is 19.0. The average molecular weight is 407 g/mol. The maximum absolute atomic E-state index is 14.0. The van der Waals surface area contributed by atoms with Crippen LogP contribution in [0.25, 0.3) is 10.2 Å². The van der Waals surface area contributed by atoms with Crippen LogP contribution in [-0.4, -0.2) is 15.5 Å². The summed E-state index contributed by atoms with van der Waals surface area (Å²) in [6, 6.07) is 13.8. The monoisotopic (exact) mass is 407 g/mol. The normalized spacial score (nSPS) is 11.0. The topological polar surface area (TPSA) is 64.0 Å². The Kier molecular flexibility index (Phi) is 4.98. The number of thiophene rings is 1. The lowest BCUT2D eigenvalue weighted by atomic mass is 10.1. The van der Waals surface area contributed by atoms with E-state index in [9.17, 15) is 14.0 Å². The van der Waals surface area contributed by atoms with Gasteiger partial charge in [0.15, 0.2) is 0 Å². The number of aryl methyl sites for hydroxylation is 2. The summed E-state index contributed by atoms with van der Waals surface area (Å²) in [5.74, 6) is -0.653. The van der Waals surface area contributed by atoms with Gasteiger partial charge in [0.1, 0.15) is 10.6 Å². The van der Waals surface area contributed by atoms with E-state index in [1.165, 1.54) is 28.3 Å². The number of nitrogens with zero attached hydrogens (tertiary/aromatic N) is 2. The first-order valence-electron chi connectivity index (χ1n) is 9.04. The van der Waals surface area contributed by atoms with Crippen LogP contribution < -0.4 is 10.9 Å². The minimum absolute atomic E-state index is 0.0779. The number of carbonyl (C=O) groups is 1. The van der Waals surface area contributed by atoms with E-state index in [0.29, 0.717) is 26.2 Å². The van der Waals surface area contributed by atoms with E-state index in [-0.39, 0.29) is 23.8 Å². The van der Waals surface area contributed by atoms with Gasteiger partial charge in [0, 0.05) is 11.3 Å². The van der Waals surface area contributed by atoms with E-state index in [1.54, 1.807) is 25.1 Å². The molecule has 0 spiro atoms. The van der Waals surface area contributed by atoms with E-state index in [2.05, 4.69) is 10.3 Å². The highest BCUT2D eigenvalue weighted by atomic mass is 32.1. The van der Waals surface area contributed by atoms with Gasteiger partial charge in [0.2, 0.25) is 0 Å². The Morgan fingerprint density at radius 3 is 2.62 bits per heavy atom. The van der Waals surface area contributed by atoms with Crippen molar-refractivity contribution in [2.75, 3.05) is 5.32 Å². The number of anilines is 1. The second-order valence-electron chi connectivity index (χ2n) is 6.77. The smallest absolute Gasteiger partial charge is 0.266 e. The second kappa shape index (κ2) is 7.60. The Labute approximate surface area is 170 Å². The van der Waals surface area contributed by atoms with Crippen molar-refractivity contribution in [1.82, 2.24) is 9.55 Å². The van der Waals surface area contributed by atoms with Gasteiger partial charge in [0.25, 0.3) is 11.5 Å². The van der Waals surface area contributed by atoms with Crippen LogP contribution in [0.3, 0.4) is 0 Å². The first-order chi connectivity index (χ1) is 14.0. The Balaban J connectivity index is 1.71. The first-order valence-corrected chi connectivity index (χ1v) is 9.86. The summed E-state index contributed by atoms with van der Waals surface area (Å²) in [4.78, 5) is 31.1. The molecule has 0 aliphatic carbocycles. The molecule has 2 aromatic heterocycles. The molecule has 2 aromatic carbocycles. The maximum Gasteiger partial charge on any atom is 0.266 e. The Morgan fingerprint density at radius 2 is 1.86 bits per heavy atom. The predicted octanol–water partition coefficient (Wildman–Crippen LogP) is 4.51. The fourth-order valence-electron chi connectivity index (χ4n) is 3.19. The van der Waals surface area contributed by atoms with Gasteiger partial charge in [-0.2, -0.15) is 0 Å². The lowest BCUT2D eigenvalue weighted by molar-refractivity contribution is 0.103. The quantitative estimate of drug-likeness (QED) is 0.541. The van der Waals surface area contributed by atoms with E-state index < -0.39 is 0 Å². The maximum atomic E-state index is 14.0. The molecular weight excluding hydrogens is 389 g/mol. The van der Waals surface area contributed by atoms with Gasteiger partial charge in [-0.25, -0.2) is 9.37 Å². The van der Waals surface area contributed by atoms with Crippen molar-refractivity contribution in [2.24, 2.45) is 0 Å². The molecule has 146 valence electrons. The molecule has 0 saturated heterocycles. The summed E-state index contributed by atoms with van der Waals surface area (Å²) in [5.41, 5.74) is 2.36. The lowest BCUT2D eigenvalue weighted by Crippen LogP contribution is -2.21. The summed E-state index contributed by atoms with van der Waals surface area (Å²) < 4.78 is 15.3. The van der Waals surface area contributed by atoms with Gasteiger partial charge in [-0.05, 0) is 37.1 Å². The molecule has 0 unspecified atom stereocenters. The van der Waals surface area contributed by atoms with Crippen LogP contribution in [0.15, 0.2) is 59.7 Å². The van der Waals surface area contributed by atoms with Crippen molar-refractivity contribution in [3.63, 3.8) is 0 Å². The van der Waals surface area contributed by atoms with Crippen LogP contribution >= 0.6 is 11.3 Å². The lowest BCUT2D eigenvalue weighted by Gasteiger charge is -2.07. The fraction of sp³-hybridized carbons (Fsp3) is 0.136. The third kappa shape index (κ3) is 3.56. The second-order valence-corrected chi connectivity index (χ2v) is 7.77. The minimum Gasteiger partial charge on any atom is -0.321 e. The number of amides is 1. The number of hydrogen-bond donors (Lipinski definition) is 1. The van der Waals surface area contributed by atoms with Crippen LogP contribution in [0.1, 0.15) is 26.4 Å². The molecule has 0 saturated carbocycles. The van der Waals surface area contributed by atoms with E-state index >= 15 is 0 Å². The zero-order chi connectivity index (χ0) is 20.5. The fourth-order valence-corrected chi connectivity index (χ4v) is 4.23. The summed E-state index contributed by atoms with van der Waals surface area (Å²) in [6.07, 6.45) is 1.40. The summed E-state index contributed by atoms with van der Waals surface area (Å²) in [7, 11) is 0. The molecule has 1 amide bonds. The van der Waals surface area contributed by atoms with Gasteiger partial charge >= 0.3 is 0 Å². The highest BCUT2D eigenvalue weighted by molar-refractivity contribution is 7.20. The standard InChI is InChI=1S/C22H18FN3O2S/c1-13-7-3-6-10-17(13)25-20(27)19-14(2)18-21(29-19)24-12-26(22(18)28)11-15-8-4-5-9-16(15)23/h3-10,12H,11H2,1-2H3,(H,25,27). The van der Waals surface area contributed by atoms with Crippen molar-refractivity contribution in [1.29, 1.82) is 0 Å². The molecule has 0 bridgehead atoms. The molecule has 7 heteroatoms. The van der Waals surface area contributed by atoms with E-state index in [4.69, 9.17) is 0 Å². The third-order valence-corrected chi connectivity index (χ3v) is 6.01. The van der Waals surface area contributed by atoms with Gasteiger partial charge in [0.05, 0.1) is 23.1 Å². The van der Waals surface area contributed by atoms with Gasteiger partial charge < -0.3 is 5.32 Å². The molecule has 0 aliphatic heterocycles. The van der Waals surface area contributed by atoms with Crippen LogP contribution in [0.4, 0.5) is 10.1 Å². The van der Waals surface area contributed by atoms with Crippen molar-refractivity contribution < 1.29 is 9.18 Å². The molecule has 1 N–H and O–H groups in total. The number of nitrogens with one attached hydrogen (secondary N) is 1. The molecule has 0 fully saturated rings. The van der Waals surface area contributed by atoms with Gasteiger partial charge in [-0.1, -0.05) is 36.4 Å². The summed E-state index contributed by atoms with van der Waals surface area (Å²) in [5, 5.41) is 3.29. The predicted molar refractivity (Wildman–Crippen MR) is 113 cm³/mol. The molecule has 0 atom stereocenters. The molecule has 0 radical (unpaired) electrons. The van der Waals surface area contributed by atoms with E-state index in [0.717, 1.165) is 11.3 Å². The zero-order valence-electron chi connectivity index (χ0n) is 15.9. The number of fused-ring (bicyclic) bond motifs is 1. The van der Waals surface area contributed by atoms with Crippen molar-refractivity contribution >= 4 is 33.1 Å². The van der Waals surface area contributed by atoms with E-state index in [1.807, 2.05) is 31.2 Å². The van der Waals surface area contributed by atoms with Crippen molar-refractivity contribution in [3.8, 4) is 0 Å². The molecule has 5 nitrogen and oxygen atoms in total. The number of benzene rings is 2. The number of hydrogen-bond acceptors (Lipinski definition) is 4. The number of aromatic nitrogens is 2. The van der Waals surface area contributed by atoms with Crippen LogP contribution in [0.2, 0.25) is 0 Å². The SMILES string of the molecule is Cc1ccccc1NC(=O)c1sc2ncn(Cc3ccccc3F)c(=O)c2c1C. The third-order valence-electron chi connectivity index (χ3n) is 4.82. The Morgan fingerprint density at radius 1 is 1.14 bits per heavy atom. The van der Waals surface area contributed by atoms with Crippen molar-refractivity contribution in [3.05, 3.63) is 92.6 Å². The number of carbonyl (C=O) groups excluding carboxylic acids is 1. The Hall–Kier alpha value is -3.32.